The molecule has 0 amide bonds. The molecule has 0 atom stereocenters. The van der Waals surface area contributed by atoms with Crippen LogP contribution in [0.2, 0.25) is 0 Å². The maximum Gasteiger partial charge on any atom is 0.0992 e. The Labute approximate surface area is 111 Å². The summed E-state index contributed by atoms with van der Waals surface area (Å²) in [5.41, 5.74) is 2.32. The van der Waals surface area contributed by atoms with Gasteiger partial charge in [0.05, 0.1) is 11.6 Å². The molecule has 0 heterocycles. The summed E-state index contributed by atoms with van der Waals surface area (Å²) in [5, 5.41) is 12.3. The van der Waals surface area contributed by atoms with Crippen molar-refractivity contribution in [2.24, 2.45) is 5.41 Å². The Hall–Kier alpha value is -1.01. The van der Waals surface area contributed by atoms with E-state index >= 15 is 0 Å². The fourth-order valence-corrected chi connectivity index (χ4v) is 2.75. The summed E-state index contributed by atoms with van der Waals surface area (Å²) in [5.74, 6) is 0. The van der Waals surface area contributed by atoms with Gasteiger partial charge in [-0.1, -0.05) is 13.3 Å². The van der Waals surface area contributed by atoms with Crippen LogP contribution in [0.15, 0.2) is 22.7 Å². The first-order valence-electron chi connectivity index (χ1n) is 6.13. The quantitative estimate of drug-likeness (QED) is 0.878. The standard InChI is InChI=1S/C14H17BrN2/c1-2-5-14(6-7-14)10-17-13-4-3-11(9-16)8-12(13)15/h3-4,8,17H,2,5-7,10H2,1H3. The second-order valence-electron chi connectivity index (χ2n) is 4.91. The summed E-state index contributed by atoms with van der Waals surface area (Å²) in [6, 6.07) is 7.84. The van der Waals surface area contributed by atoms with Gasteiger partial charge in [-0.25, -0.2) is 0 Å². The third-order valence-corrected chi connectivity index (χ3v) is 4.15. The molecule has 1 N–H and O–H groups in total. The fourth-order valence-electron chi connectivity index (χ4n) is 2.23. The van der Waals surface area contributed by atoms with Crippen LogP contribution in [0.4, 0.5) is 5.69 Å². The van der Waals surface area contributed by atoms with Crippen LogP contribution in [0.3, 0.4) is 0 Å². The molecule has 0 unspecified atom stereocenters. The molecule has 0 bridgehead atoms. The third kappa shape index (κ3) is 3.01. The van der Waals surface area contributed by atoms with E-state index in [4.69, 9.17) is 5.26 Å². The average molecular weight is 293 g/mol. The first-order valence-corrected chi connectivity index (χ1v) is 6.92. The van der Waals surface area contributed by atoms with E-state index in [1.165, 1.54) is 25.7 Å². The van der Waals surface area contributed by atoms with Gasteiger partial charge >= 0.3 is 0 Å². The number of nitrogens with zero attached hydrogens (tertiary/aromatic N) is 1. The van der Waals surface area contributed by atoms with Crippen LogP contribution in [0.1, 0.15) is 38.2 Å². The van der Waals surface area contributed by atoms with Gasteiger partial charge in [0.2, 0.25) is 0 Å². The molecule has 0 spiro atoms. The minimum Gasteiger partial charge on any atom is -0.384 e. The van der Waals surface area contributed by atoms with Crippen LogP contribution in [0, 0.1) is 16.7 Å². The number of hydrogen-bond acceptors (Lipinski definition) is 2. The highest BCUT2D eigenvalue weighted by molar-refractivity contribution is 9.10. The molecule has 2 rings (SSSR count). The van der Waals surface area contributed by atoms with Crippen LogP contribution in [0.25, 0.3) is 0 Å². The van der Waals surface area contributed by atoms with Gasteiger partial charge < -0.3 is 5.32 Å². The minimum absolute atomic E-state index is 0.544. The van der Waals surface area contributed by atoms with Crippen LogP contribution >= 0.6 is 15.9 Å². The number of halogens is 1. The van der Waals surface area contributed by atoms with Gasteiger partial charge in [-0.3, -0.25) is 0 Å². The van der Waals surface area contributed by atoms with Crippen LogP contribution in [0.5, 0.6) is 0 Å². The van der Waals surface area contributed by atoms with E-state index in [0.29, 0.717) is 11.0 Å². The number of hydrogen-bond donors (Lipinski definition) is 1. The van der Waals surface area contributed by atoms with Crippen molar-refractivity contribution in [1.82, 2.24) is 0 Å². The molecule has 2 nitrogen and oxygen atoms in total. The predicted molar refractivity (Wildman–Crippen MR) is 73.9 cm³/mol. The lowest BCUT2D eigenvalue weighted by molar-refractivity contribution is 0.485. The van der Waals surface area contributed by atoms with Crippen LogP contribution < -0.4 is 5.32 Å². The van der Waals surface area contributed by atoms with Crippen molar-refractivity contribution < 1.29 is 0 Å². The van der Waals surface area contributed by atoms with Gasteiger partial charge in [0.1, 0.15) is 0 Å². The van der Waals surface area contributed by atoms with Gasteiger partial charge in [-0.05, 0) is 58.8 Å². The zero-order chi connectivity index (χ0) is 12.3. The molecule has 0 aliphatic heterocycles. The van der Waals surface area contributed by atoms with Gasteiger partial charge in [-0.2, -0.15) is 5.26 Å². The highest BCUT2D eigenvalue weighted by Crippen LogP contribution is 2.49. The van der Waals surface area contributed by atoms with E-state index in [9.17, 15) is 0 Å². The van der Waals surface area contributed by atoms with Gasteiger partial charge in [0, 0.05) is 16.7 Å². The number of nitrogens with one attached hydrogen (secondary N) is 1. The van der Waals surface area contributed by atoms with Crippen molar-refractivity contribution in [2.75, 3.05) is 11.9 Å². The van der Waals surface area contributed by atoms with E-state index in [1.807, 2.05) is 18.2 Å². The summed E-state index contributed by atoms with van der Waals surface area (Å²) >= 11 is 3.50. The molecule has 1 saturated carbocycles. The molecular formula is C14H17BrN2. The number of rotatable bonds is 5. The lowest BCUT2D eigenvalue weighted by atomic mass is 10.0. The highest BCUT2D eigenvalue weighted by Gasteiger charge is 2.41. The zero-order valence-electron chi connectivity index (χ0n) is 10.1. The molecule has 1 aromatic carbocycles. The molecule has 3 heteroatoms. The molecule has 1 aromatic rings. The molecular weight excluding hydrogens is 276 g/mol. The molecule has 1 fully saturated rings. The summed E-state index contributed by atoms with van der Waals surface area (Å²) < 4.78 is 0.976. The maximum atomic E-state index is 8.80. The lowest BCUT2D eigenvalue weighted by Gasteiger charge is -2.16. The molecule has 1 aliphatic carbocycles. The Balaban J connectivity index is 1.98. The SMILES string of the molecule is CCCC1(CNc2ccc(C#N)cc2Br)CC1. The number of anilines is 1. The van der Waals surface area contributed by atoms with E-state index < -0.39 is 0 Å². The molecule has 1 aliphatic rings. The monoisotopic (exact) mass is 292 g/mol. The second kappa shape index (κ2) is 5.10. The summed E-state index contributed by atoms with van der Waals surface area (Å²) in [4.78, 5) is 0. The Bertz CT molecular complexity index is 444. The average Bonchev–Trinajstić information content (AvgIpc) is 3.08. The van der Waals surface area contributed by atoms with Crippen LogP contribution in [-0.4, -0.2) is 6.54 Å². The molecule has 0 aromatic heterocycles. The molecule has 0 saturated heterocycles. The Morgan fingerprint density at radius 2 is 2.24 bits per heavy atom. The summed E-state index contributed by atoms with van der Waals surface area (Å²) in [7, 11) is 0. The van der Waals surface area contributed by atoms with E-state index in [2.05, 4.69) is 34.2 Å². The number of nitriles is 1. The largest absolute Gasteiger partial charge is 0.384 e. The Morgan fingerprint density at radius 3 is 2.76 bits per heavy atom. The van der Waals surface area contributed by atoms with Crippen molar-refractivity contribution in [3.05, 3.63) is 28.2 Å². The van der Waals surface area contributed by atoms with E-state index in [0.717, 1.165) is 16.7 Å². The minimum atomic E-state index is 0.544. The zero-order valence-corrected chi connectivity index (χ0v) is 11.7. The predicted octanol–water partition coefficient (Wildman–Crippen LogP) is 4.31. The maximum absolute atomic E-state index is 8.80. The molecule has 90 valence electrons. The first kappa shape index (κ1) is 12.4. The summed E-state index contributed by atoms with van der Waals surface area (Å²) in [6.45, 7) is 3.29. The van der Waals surface area contributed by atoms with Gasteiger partial charge in [0.25, 0.3) is 0 Å². The second-order valence-corrected chi connectivity index (χ2v) is 5.76. The Kier molecular flexibility index (Phi) is 3.73. The van der Waals surface area contributed by atoms with Crippen LogP contribution in [-0.2, 0) is 0 Å². The molecule has 17 heavy (non-hydrogen) atoms. The topological polar surface area (TPSA) is 35.8 Å². The Morgan fingerprint density at radius 1 is 1.47 bits per heavy atom. The van der Waals surface area contributed by atoms with E-state index in [1.54, 1.807) is 0 Å². The third-order valence-electron chi connectivity index (χ3n) is 3.49. The first-order chi connectivity index (χ1) is 8.19. The number of benzene rings is 1. The van der Waals surface area contributed by atoms with Gasteiger partial charge in [-0.15, -0.1) is 0 Å². The normalized spacial score (nSPS) is 16.3. The highest BCUT2D eigenvalue weighted by atomic mass is 79.9. The van der Waals surface area contributed by atoms with Crippen molar-refractivity contribution in [1.29, 1.82) is 5.26 Å². The van der Waals surface area contributed by atoms with Gasteiger partial charge in [0.15, 0.2) is 0 Å². The summed E-state index contributed by atoms with van der Waals surface area (Å²) in [6.07, 6.45) is 5.27. The van der Waals surface area contributed by atoms with Crippen molar-refractivity contribution in [2.45, 2.75) is 32.6 Å². The van der Waals surface area contributed by atoms with Crippen molar-refractivity contribution in [3.63, 3.8) is 0 Å². The van der Waals surface area contributed by atoms with Crippen molar-refractivity contribution >= 4 is 21.6 Å². The van der Waals surface area contributed by atoms with E-state index in [-0.39, 0.29) is 0 Å². The lowest BCUT2D eigenvalue weighted by Crippen LogP contribution is -2.15. The smallest absolute Gasteiger partial charge is 0.0992 e. The molecule has 0 radical (unpaired) electrons. The fraction of sp³-hybridized carbons (Fsp3) is 0.500. The van der Waals surface area contributed by atoms with Crippen molar-refractivity contribution in [3.8, 4) is 6.07 Å².